The molecule has 0 aromatic heterocycles. The fourth-order valence-electron chi connectivity index (χ4n) is 3.39. The first-order valence-electron chi connectivity index (χ1n) is 8.77. The van der Waals surface area contributed by atoms with Crippen LogP contribution in [0.3, 0.4) is 0 Å². The number of carbonyl (C=O) groups excluding carboxylic acids is 1. The Kier molecular flexibility index (Phi) is 4.25. The number of nitrogens with one attached hydrogen (secondary N) is 1. The van der Waals surface area contributed by atoms with E-state index in [0.29, 0.717) is 0 Å². The first-order chi connectivity index (χ1) is 12.3. The molecule has 0 aliphatic carbocycles. The second-order valence-electron chi connectivity index (χ2n) is 6.36. The number of rotatable bonds is 5. The predicted molar refractivity (Wildman–Crippen MR) is 104 cm³/mol. The average Bonchev–Trinajstić information content (AvgIpc) is 3.20. The predicted octanol–water partition coefficient (Wildman–Crippen LogP) is 4.07. The van der Waals surface area contributed by atoms with Gasteiger partial charge in [-0.05, 0) is 12.5 Å². The van der Waals surface area contributed by atoms with Crippen molar-refractivity contribution in [3.63, 3.8) is 0 Å². The number of thioether (sulfide) groups is 1. The number of hydrazone groups is 1. The highest BCUT2D eigenvalue weighted by Gasteiger charge is 2.55. The summed E-state index contributed by atoms with van der Waals surface area (Å²) in [6.07, 6.45) is 3.29. The fourth-order valence-corrected chi connectivity index (χ4v) is 4.60. The third kappa shape index (κ3) is 2.63. The highest BCUT2D eigenvalue weighted by molar-refractivity contribution is 8.16. The zero-order chi connectivity index (χ0) is 17.3. The van der Waals surface area contributed by atoms with E-state index in [1.165, 1.54) is 11.8 Å². The first-order valence-corrected chi connectivity index (χ1v) is 9.58. The number of fused-ring (bicyclic) bond motifs is 2. The minimum atomic E-state index is -0.825. The minimum Gasteiger partial charge on any atom is -0.309 e. The van der Waals surface area contributed by atoms with Gasteiger partial charge in [0.15, 0.2) is 0 Å². The summed E-state index contributed by atoms with van der Waals surface area (Å²) in [6.45, 7) is 2.93. The van der Waals surface area contributed by atoms with Crippen LogP contribution in [0, 0.1) is 0 Å². The molecule has 0 bridgehead atoms. The van der Waals surface area contributed by atoms with Gasteiger partial charge in [0.05, 0.1) is 5.69 Å². The maximum Gasteiger partial charge on any atom is 0.269 e. The van der Waals surface area contributed by atoms with Crippen LogP contribution in [0.2, 0.25) is 0 Å². The summed E-state index contributed by atoms with van der Waals surface area (Å²) in [5, 5.41) is 5.36. The van der Waals surface area contributed by atoms with Crippen molar-refractivity contribution in [2.75, 3.05) is 11.4 Å². The molecule has 2 aromatic carbocycles. The molecule has 0 radical (unpaired) electrons. The van der Waals surface area contributed by atoms with Gasteiger partial charge in [-0.1, -0.05) is 80.1 Å². The Hall–Kier alpha value is -2.27. The molecule has 5 heteroatoms. The molecule has 4 rings (SSSR count). The van der Waals surface area contributed by atoms with E-state index in [2.05, 4.69) is 17.5 Å². The molecular formula is C20H21N3OS. The van der Waals surface area contributed by atoms with Crippen molar-refractivity contribution in [3.05, 3.63) is 65.7 Å². The number of amides is 1. The Morgan fingerprint density at radius 2 is 1.84 bits per heavy atom. The molecule has 1 amide bonds. The van der Waals surface area contributed by atoms with Crippen molar-refractivity contribution in [1.82, 2.24) is 5.43 Å². The summed E-state index contributed by atoms with van der Waals surface area (Å²) in [5.74, 6) is 0.0875. The molecule has 0 saturated heterocycles. The Morgan fingerprint density at radius 3 is 2.64 bits per heavy atom. The van der Waals surface area contributed by atoms with Crippen LogP contribution in [0.4, 0.5) is 5.69 Å². The Bertz CT molecular complexity index is 821. The molecule has 0 fully saturated rings. The van der Waals surface area contributed by atoms with E-state index >= 15 is 0 Å². The van der Waals surface area contributed by atoms with Gasteiger partial charge < -0.3 is 4.90 Å². The maximum absolute atomic E-state index is 13.3. The van der Waals surface area contributed by atoms with Gasteiger partial charge in [0.1, 0.15) is 5.04 Å². The van der Waals surface area contributed by atoms with Crippen LogP contribution in [0.1, 0.15) is 37.3 Å². The summed E-state index contributed by atoms with van der Waals surface area (Å²) in [5.41, 5.74) is 6.22. The van der Waals surface area contributed by atoms with Crippen molar-refractivity contribution < 1.29 is 4.79 Å². The summed E-state index contributed by atoms with van der Waals surface area (Å²) in [7, 11) is 0. The highest BCUT2D eigenvalue weighted by atomic mass is 32.2. The molecule has 25 heavy (non-hydrogen) atoms. The van der Waals surface area contributed by atoms with Crippen LogP contribution in [-0.4, -0.2) is 17.5 Å². The van der Waals surface area contributed by atoms with Crippen molar-refractivity contribution in [1.29, 1.82) is 0 Å². The number of carbonyl (C=O) groups is 1. The summed E-state index contributed by atoms with van der Waals surface area (Å²) in [6, 6.07) is 18.1. The molecule has 2 heterocycles. The normalized spacial score (nSPS) is 21.4. The lowest BCUT2D eigenvalue weighted by atomic mass is 10.1. The van der Waals surface area contributed by atoms with E-state index in [1.54, 1.807) is 0 Å². The van der Waals surface area contributed by atoms with E-state index in [9.17, 15) is 4.79 Å². The van der Waals surface area contributed by atoms with E-state index in [-0.39, 0.29) is 5.91 Å². The van der Waals surface area contributed by atoms with Gasteiger partial charge >= 0.3 is 0 Å². The van der Waals surface area contributed by atoms with Crippen LogP contribution >= 0.6 is 11.8 Å². The lowest BCUT2D eigenvalue weighted by Gasteiger charge is -2.22. The van der Waals surface area contributed by atoms with Gasteiger partial charge in [-0.15, -0.1) is 0 Å². The molecule has 2 aromatic rings. The third-order valence-corrected chi connectivity index (χ3v) is 6.00. The number of nitrogens with zero attached hydrogens (tertiary/aromatic N) is 2. The molecule has 2 aliphatic heterocycles. The van der Waals surface area contributed by atoms with Crippen LogP contribution < -0.4 is 10.3 Å². The van der Waals surface area contributed by atoms with Crippen LogP contribution in [0.15, 0.2) is 59.7 Å². The topological polar surface area (TPSA) is 44.7 Å². The van der Waals surface area contributed by atoms with Crippen molar-refractivity contribution in [2.45, 2.75) is 31.1 Å². The van der Waals surface area contributed by atoms with E-state index in [0.717, 1.165) is 47.7 Å². The smallest absolute Gasteiger partial charge is 0.269 e. The third-order valence-electron chi connectivity index (χ3n) is 4.69. The fraction of sp³-hybridized carbons (Fsp3) is 0.300. The van der Waals surface area contributed by atoms with Crippen molar-refractivity contribution in [2.24, 2.45) is 5.10 Å². The van der Waals surface area contributed by atoms with Gasteiger partial charge in [-0.25, -0.2) is 0 Å². The molecule has 2 aliphatic rings. The lowest BCUT2D eigenvalue weighted by Crippen LogP contribution is -2.44. The largest absolute Gasteiger partial charge is 0.309 e. The van der Waals surface area contributed by atoms with Gasteiger partial charge in [0.25, 0.3) is 5.91 Å². The standard InChI is InChI=1S/C20H21N3OS/c1-2-3-9-14-23-17-13-8-7-12-16(17)20(19(23)24)22-21-18(25-20)15-10-5-4-6-11-15/h4-8,10-13,22H,2-3,9,14H2,1H3/t20-/m1/s1. The number of benzene rings is 2. The molecule has 128 valence electrons. The van der Waals surface area contributed by atoms with Gasteiger partial charge in [0, 0.05) is 17.7 Å². The Balaban J connectivity index is 1.66. The second-order valence-corrected chi connectivity index (χ2v) is 7.56. The maximum atomic E-state index is 13.3. The average molecular weight is 351 g/mol. The molecule has 1 N–H and O–H groups in total. The van der Waals surface area contributed by atoms with E-state index in [4.69, 9.17) is 0 Å². The monoisotopic (exact) mass is 351 g/mol. The Labute approximate surface area is 152 Å². The number of hydrogen-bond acceptors (Lipinski definition) is 4. The number of anilines is 1. The molecule has 1 atom stereocenters. The summed E-state index contributed by atoms with van der Waals surface area (Å²) in [4.78, 5) is 14.4. The second kappa shape index (κ2) is 6.56. The Morgan fingerprint density at radius 1 is 1.08 bits per heavy atom. The van der Waals surface area contributed by atoms with Crippen LogP contribution in [0.25, 0.3) is 0 Å². The highest BCUT2D eigenvalue weighted by Crippen LogP contribution is 2.50. The number of para-hydroxylation sites is 1. The van der Waals surface area contributed by atoms with Crippen molar-refractivity contribution >= 4 is 28.4 Å². The minimum absolute atomic E-state index is 0.0875. The van der Waals surface area contributed by atoms with Crippen LogP contribution in [0.5, 0.6) is 0 Å². The molecular weight excluding hydrogens is 330 g/mol. The zero-order valence-corrected chi connectivity index (χ0v) is 15.1. The lowest BCUT2D eigenvalue weighted by molar-refractivity contribution is -0.121. The van der Waals surface area contributed by atoms with Gasteiger partial charge in [0.2, 0.25) is 4.87 Å². The van der Waals surface area contributed by atoms with E-state index in [1.807, 2.05) is 59.5 Å². The number of hydrogen-bond donors (Lipinski definition) is 1. The quantitative estimate of drug-likeness (QED) is 0.826. The van der Waals surface area contributed by atoms with E-state index < -0.39 is 4.87 Å². The zero-order valence-electron chi connectivity index (χ0n) is 14.2. The first kappa shape index (κ1) is 16.2. The molecule has 1 spiro atoms. The van der Waals surface area contributed by atoms with Crippen LogP contribution in [-0.2, 0) is 9.67 Å². The summed E-state index contributed by atoms with van der Waals surface area (Å²) >= 11 is 1.52. The summed E-state index contributed by atoms with van der Waals surface area (Å²) < 4.78 is 0. The molecule has 4 nitrogen and oxygen atoms in total. The molecule has 0 saturated carbocycles. The van der Waals surface area contributed by atoms with Gasteiger partial charge in [-0.2, -0.15) is 5.10 Å². The number of unbranched alkanes of at least 4 members (excludes halogenated alkanes) is 2. The van der Waals surface area contributed by atoms with Gasteiger partial charge in [-0.3, -0.25) is 10.2 Å². The van der Waals surface area contributed by atoms with Crippen molar-refractivity contribution in [3.8, 4) is 0 Å². The SMILES string of the molecule is CCCCCN1C(=O)[C@@]2(NN=C(c3ccccc3)S2)c2ccccc21. The molecule has 0 unspecified atom stereocenters.